The van der Waals surface area contributed by atoms with Crippen LogP contribution in [0.25, 0.3) is 0 Å². The first kappa shape index (κ1) is 11.8. The van der Waals surface area contributed by atoms with Crippen LogP contribution < -0.4 is 15.8 Å². The van der Waals surface area contributed by atoms with Gasteiger partial charge in [0.2, 0.25) is 0 Å². The molecule has 0 heterocycles. The van der Waals surface area contributed by atoms with Gasteiger partial charge in [0.1, 0.15) is 5.75 Å². The van der Waals surface area contributed by atoms with Crippen LogP contribution in [0.1, 0.15) is 6.92 Å². The summed E-state index contributed by atoms with van der Waals surface area (Å²) in [6, 6.07) is 7.75. The van der Waals surface area contributed by atoms with Gasteiger partial charge in [-0.15, -0.1) is 0 Å². The summed E-state index contributed by atoms with van der Waals surface area (Å²) in [4.78, 5) is 0.538. The van der Waals surface area contributed by atoms with E-state index in [2.05, 4.69) is 5.32 Å². The molecule has 1 unspecified atom stereocenters. The van der Waals surface area contributed by atoms with E-state index < -0.39 is 0 Å². The highest BCUT2D eigenvalue weighted by molar-refractivity contribution is 7.80. The highest BCUT2D eigenvalue weighted by Gasteiger charge is 2.03. The molecule has 1 rings (SSSR count). The topological polar surface area (TPSA) is 47.3 Å². The summed E-state index contributed by atoms with van der Waals surface area (Å²) in [7, 11) is 1.65. The molecule has 3 nitrogen and oxygen atoms in total. The lowest BCUT2D eigenvalue weighted by atomic mass is 10.2. The van der Waals surface area contributed by atoms with E-state index in [9.17, 15) is 0 Å². The SMILES string of the molecule is COc1ccc(NCC(C)C(N)=S)cc1. The van der Waals surface area contributed by atoms with Gasteiger partial charge in [0.05, 0.1) is 12.1 Å². The lowest BCUT2D eigenvalue weighted by Gasteiger charge is -2.12. The number of anilines is 1. The second-order valence-corrected chi connectivity index (χ2v) is 3.88. The number of benzene rings is 1. The van der Waals surface area contributed by atoms with E-state index >= 15 is 0 Å². The molecule has 0 radical (unpaired) electrons. The molecule has 0 fully saturated rings. The van der Waals surface area contributed by atoms with Crippen LogP contribution in [0.2, 0.25) is 0 Å². The molecule has 0 aliphatic rings. The number of nitrogens with two attached hydrogens (primary N) is 1. The maximum absolute atomic E-state index is 5.52. The van der Waals surface area contributed by atoms with Crippen molar-refractivity contribution in [3.63, 3.8) is 0 Å². The van der Waals surface area contributed by atoms with Gasteiger partial charge in [-0.2, -0.15) is 0 Å². The number of ether oxygens (including phenoxy) is 1. The summed E-state index contributed by atoms with van der Waals surface area (Å²) in [6.45, 7) is 2.75. The molecule has 15 heavy (non-hydrogen) atoms. The Hall–Kier alpha value is -1.29. The van der Waals surface area contributed by atoms with Gasteiger partial charge in [0, 0.05) is 18.2 Å². The molecule has 0 bridgehead atoms. The van der Waals surface area contributed by atoms with Crippen LogP contribution in [0.5, 0.6) is 5.75 Å². The largest absolute Gasteiger partial charge is 0.497 e. The predicted octanol–water partition coefficient (Wildman–Crippen LogP) is 2.03. The molecule has 4 heteroatoms. The van der Waals surface area contributed by atoms with Crippen molar-refractivity contribution in [1.29, 1.82) is 0 Å². The van der Waals surface area contributed by atoms with Crippen molar-refractivity contribution in [3.8, 4) is 5.75 Å². The number of methoxy groups -OCH3 is 1. The highest BCUT2D eigenvalue weighted by Crippen LogP contribution is 2.15. The molecule has 82 valence electrons. The summed E-state index contributed by atoms with van der Waals surface area (Å²) in [5, 5.41) is 3.25. The first-order valence-electron chi connectivity index (χ1n) is 4.80. The fraction of sp³-hybridized carbons (Fsp3) is 0.364. The van der Waals surface area contributed by atoms with Crippen molar-refractivity contribution in [3.05, 3.63) is 24.3 Å². The van der Waals surface area contributed by atoms with Crippen molar-refractivity contribution in [2.75, 3.05) is 19.0 Å². The van der Waals surface area contributed by atoms with Gasteiger partial charge in [-0.25, -0.2) is 0 Å². The molecule has 0 aromatic heterocycles. The summed E-state index contributed by atoms with van der Waals surface area (Å²) in [6.07, 6.45) is 0. The monoisotopic (exact) mass is 224 g/mol. The van der Waals surface area contributed by atoms with E-state index in [0.717, 1.165) is 18.0 Å². The molecule has 0 spiro atoms. The van der Waals surface area contributed by atoms with Gasteiger partial charge in [-0.05, 0) is 24.3 Å². The first-order chi connectivity index (χ1) is 7.13. The average Bonchev–Trinajstić information content (AvgIpc) is 2.26. The molecular weight excluding hydrogens is 208 g/mol. The second kappa shape index (κ2) is 5.56. The third-order valence-electron chi connectivity index (χ3n) is 2.19. The minimum absolute atomic E-state index is 0.196. The highest BCUT2D eigenvalue weighted by atomic mass is 32.1. The van der Waals surface area contributed by atoms with E-state index in [1.54, 1.807) is 7.11 Å². The lowest BCUT2D eigenvalue weighted by molar-refractivity contribution is 0.415. The Morgan fingerprint density at radius 3 is 2.53 bits per heavy atom. The Morgan fingerprint density at radius 2 is 2.07 bits per heavy atom. The maximum atomic E-state index is 5.52. The Bertz CT molecular complexity index is 324. The third-order valence-corrected chi connectivity index (χ3v) is 2.59. The minimum Gasteiger partial charge on any atom is -0.497 e. The van der Waals surface area contributed by atoms with Crippen molar-refractivity contribution >= 4 is 22.9 Å². The second-order valence-electron chi connectivity index (χ2n) is 3.41. The van der Waals surface area contributed by atoms with Gasteiger partial charge >= 0.3 is 0 Å². The molecule has 1 aromatic carbocycles. The number of nitrogens with one attached hydrogen (secondary N) is 1. The molecule has 0 aliphatic heterocycles. The molecular formula is C11H16N2OS. The molecule has 3 N–H and O–H groups in total. The molecule has 0 amide bonds. The fourth-order valence-electron chi connectivity index (χ4n) is 1.08. The van der Waals surface area contributed by atoms with Gasteiger partial charge in [-0.1, -0.05) is 19.1 Å². The van der Waals surface area contributed by atoms with Crippen LogP contribution in [-0.4, -0.2) is 18.6 Å². The van der Waals surface area contributed by atoms with Gasteiger partial charge < -0.3 is 15.8 Å². The maximum Gasteiger partial charge on any atom is 0.119 e. The average molecular weight is 224 g/mol. The van der Waals surface area contributed by atoms with E-state index in [4.69, 9.17) is 22.7 Å². The molecule has 1 aromatic rings. The zero-order valence-electron chi connectivity index (χ0n) is 8.99. The zero-order valence-corrected chi connectivity index (χ0v) is 9.80. The predicted molar refractivity (Wildman–Crippen MR) is 67.4 cm³/mol. The standard InChI is InChI=1S/C11H16N2OS/c1-8(11(12)15)7-13-9-3-5-10(14-2)6-4-9/h3-6,8,13H,7H2,1-2H3,(H2,12,15). The van der Waals surface area contributed by atoms with Crippen molar-refractivity contribution in [1.82, 2.24) is 0 Å². The molecule has 0 saturated heterocycles. The Kier molecular flexibility index (Phi) is 4.37. The van der Waals surface area contributed by atoms with Crippen molar-refractivity contribution < 1.29 is 4.74 Å². The first-order valence-corrected chi connectivity index (χ1v) is 5.21. The lowest BCUT2D eigenvalue weighted by Crippen LogP contribution is -2.25. The number of rotatable bonds is 5. The van der Waals surface area contributed by atoms with Crippen LogP contribution >= 0.6 is 12.2 Å². The van der Waals surface area contributed by atoms with E-state index in [-0.39, 0.29) is 5.92 Å². The van der Waals surface area contributed by atoms with Crippen LogP contribution in [0.3, 0.4) is 0 Å². The Labute approximate surface area is 95.6 Å². The van der Waals surface area contributed by atoms with Crippen molar-refractivity contribution in [2.45, 2.75) is 6.92 Å². The normalized spacial score (nSPS) is 11.9. The smallest absolute Gasteiger partial charge is 0.119 e. The molecule has 0 saturated carbocycles. The van der Waals surface area contributed by atoms with E-state index in [1.807, 2.05) is 31.2 Å². The summed E-state index contributed by atoms with van der Waals surface area (Å²) in [5.74, 6) is 1.05. The van der Waals surface area contributed by atoms with E-state index in [0.29, 0.717) is 4.99 Å². The number of hydrogen-bond acceptors (Lipinski definition) is 3. The summed E-state index contributed by atoms with van der Waals surface area (Å²) in [5.41, 5.74) is 6.56. The van der Waals surface area contributed by atoms with Gasteiger partial charge in [0.15, 0.2) is 0 Å². The van der Waals surface area contributed by atoms with E-state index in [1.165, 1.54) is 0 Å². The van der Waals surface area contributed by atoms with Crippen LogP contribution in [0.15, 0.2) is 24.3 Å². The third kappa shape index (κ3) is 3.75. The van der Waals surface area contributed by atoms with Crippen LogP contribution in [-0.2, 0) is 0 Å². The number of hydrogen-bond donors (Lipinski definition) is 2. The van der Waals surface area contributed by atoms with Crippen LogP contribution in [0.4, 0.5) is 5.69 Å². The minimum atomic E-state index is 0.196. The number of thiocarbonyl (C=S) groups is 1. The van der Waals surface area contributed by atoms with Crippen molar-refractivity contribution in [2.24, 2.45) is 11.7 Å². The molecule has 0 aliphatic carbocycles. The Balaban J connectivity index is 2.47. The summed E-state index contributed by atoms with van der Waals surface area (Å²) < 4.78 is 5.06. The quantitative estimate of drug-likeness (QED) is 0.751. The van der Waals surface area contributed by atoms with Crippen LogP contribution in [0, 0.1) is 5.92 Å². The summed E-state index contributed by atoms with van der Waals surface area (Å²) >= 11 is 4.89. The van der Waals surface area contributed by atoms with Gasteiger partial charge in [-0.3, -0.25) is 0 Å². The fourth-order valence-corrected chi connectivity index (χ4v) is 1.16. The van der Waals surface area contributed by atoms with Gasteiger partial charge in [0.25, 0.3) is 0 Å². The Morgan fingerprint density at radius 1 is 1.47 bits per heavy atom. The molecule has 1 atom stereocenters. The zero-order chi connectivity index (χ0) is 11.3.